The van der Waals surface area contributed by atoms with Crippen LogP contribution in [0.1, 0.15) is 5.82 Å². The van der Waals surface area contributed by atoms with Crippen LogP contribution in [-0.2, 0) is 6.54 Å². The molecule has 0 saturated heterocycles. The van der Waals surface area contributed by atoms with Crippen LogP contribution >= 0.6 is 24.0 Å². The molecule has 0 aliphatic carbocycles. The number of aliphatic imine (C=N–C) groups is 1. The number of nitrogens with one attached hydrogen (secondary N) is 1. The first-order chi connectivity index (χ1) is 11.7. The molecule has 132 valence electrons. The smallest absolute Gasteiger partial charge is 0.193 e. The molecule has 3 aromatic rings. The highest BCUT2D eigenvalue weighted by molar-refractivity contribution is 14.0. The van der Waals surface area contributed by atoms with Crippen molar-refractivity contribution in [1.82, 2.24) is 9.55 Å². The molecule has 0 fully saturated rings. The molecule has 0 saturated carbocycles. The zero-order valence-corrected chi connectivity index (χ0v) is 16.6. The zero-order chi connectivity index (χ0) is 16.9. The molecule has 1 heterocycles. The van der Waals surface area contributed by atoms with Crippen molar-refractivity contribution in [3.8, 4) is 5.75 Å². The number of hydrogen-bond acceptors (Lipinski definition) is 3. The van der Waals surface area contributed by atoms with Gasteiger partial charge in [0.2, 0.25) is 0 Å². The molecule has 0 spiro atoms. The number of para-hydroxylation sites is 4. The molecule has 1 aromatic heterocycles. The summed E-state index contributed by atoms with van der Waals surface area (Å²) in [6, 6.07) is 15.7. The van der Waals surface area contributed by atoms with Gasteiger partial charge >= 0.3 is 0 Å². The van der Waals surface area contributed by atoms with Crippen molar-refractivity contribution in [3.63, 3.8) is 0 Å². The first kappa shape index (κ1) is 19.0. The molecule has 0 aliphatic rings. The Morgan fingerprint density at radius 1 is 1.20 bits per heavy atom. The van der Waals surface area contributed by atoms with Gasteiger partial charge in [-0.1, -0.05) is 24.3 Å². The van der Waals surface area contributed by atoms with Crippen LogP contribution in [0.3, 0.4) is 0 Å². The van der Waals surface area contributed by atoms with Crippen LogP contribution in [0, 0.1) is 6.92 Å². The van der Waals surface area contributed by atoms with Gasteiger partial charge < -0.3 is 20.4 Å². The van der Waals surface area contributed by atoms with Crippen LogP contribution in [0.5, 0.6) is 5.75 Å². The number of ether oxygens (including phenoxy) is 1. The summed E-state index contributed by atoms with van der Waals surface area (Å²) in [6.45, 7) is 3.29. The van der Waals surface area contributed by atoms with Gasteiger partial charge in [-0.3, -0.25) is 4.99 Å². The van der Waals surface area contributed by atoms with E-state index in [0.29, 0.717) is 12.5 Å². The second-order valence-electron chi connectivity index (χ2n) is 5.39. The Balaban J connectivity index is 0.00000225. The van der Waals surface area contributed by atoms with Crippen LogP contribution in [-0.4, -0.2) is 29.2 Å². The second-order valence-corrected chi connectivity index (χ2v) is 5.39. The normalized spacial score (nSPS) is 11.2. The highest BCUT2D eigenvalue weighted by atomic mass is 127. The Bertz CT molecular complexity index is 875. The van der Waals surface area contributed by atoms with Gasteiger partial charge in [0.1, 0.15) is 11.6 Å². The molecular weight excluding hydrogens is 429 g/mol. The number of nitrogens with two attached hydrogens (primary N) is 1. The van der Waals surface area contributed by atoms with E-state index in [2.05, 4.69) is 25.9 Å². The average molecular weight is 451 g/mol. The maximum atomic E-state index is 5.98. The lowest BCUT2D eigenvalue weighted by Crippen LogP contribution is -2.23. The molecule has 0 amide bonds. The first-order valence-electron chi connectivity index (χ1n) is 7.81. The van der Waals surface area contributed by atoms with Crippen molar-refractivity contribution < 1.29 is 4.74 Å². The van der Waals surface area contributed by atoms with Gasteiger partial charge in [0.05, 0.1) is 30.4 Å². The maximum Gasteiger partial charge on any atom is 0.193 e. The highest BCUT2D eigenvalue weighted by Crippen LogP contribution is 2.22. The minimum atomic E-state index is 0. The Labute approximate surface area is 164 Å². The third-order valence-corrected chi connectivity index (χ3v) is 3.82. The number of aromatic nitrogens is 2. The van der Waals surface area contributed by atoms with Gasteiger partial charge in [0.25, 0.3) is 0 Å². The van der Waals surface area contributed by atoms with E-state index in [9.17, 15) is 0 Å². The number of halogens is 1. The topological polar surface area (TPSA) is 77.5 Å². The number of imidazole rings is 1. The van der Waals surface area contributed by atoms with E-state index in [1.54, 1.807) is 7.11 Å². The molecule has 0 bridgehead atoms. The fraction of sp³-hybridized carbons (Fsp3) is 0.222. The zero-order valence-electron chi connectivity index (χ0n) is 14.3. The Morgan fingerprint density at radius 2 is 1.92 bits per heavy atom. The summed E-state index contributed by atoms with van der Waals surface area (Å²) in [7, 11) is 1.63. The Morgan fingerprint density at radius 3 is 2.72 bits per heavy atom. The van der Waals surface area contributed by atoms with E-state index in [0.717, 1.165) is 34.8 Å². The molecule has 7 heteroatoms. The van der Waals surface area contributed by atoms with Crippen molar-refractivity contribution in [2.45, 2.75) is 13.5 Å². The first-order valence-corrected chi connectivity index (χ1v) is 7.81. The SMILES string of the molecule is COc1ccccc1NC(N)=NCCn1c(C)nc2ccccc21.I. The highest BCUT2D eigenvalue weighted by Gasteiger charge is 2.06. The van der Waals surface area contributed by atoms with Crippen molar-refractivity contribution in [2.75, 3.05) is 19.0 Å². The third kappa shape index (κ3) is 4.41. The minimum Gasteiger partial charge on any atom is -0.495 e. The molecule has 0 unspecified atom stereocenters. The van der Waals surface area contributed by atoms with E-state index < -0.39 is 0 Å². The third-order valence-electron chi connectivity index (χ3n) is 3.82. The van der Waals surface area contributed by atoms with Crippen LogP contribution in [0.4, 0.5) is 5.69 Å². The summed E-state index contributed by atoms with van der Waals surface area (Å²) in [5.41, 5.74) is 8.89. The number of benzene rings is 2. The largest absolute Gasteiger partial charge is 0.495 e. The van der Waals surface area contributed by atoms with Crippen LogP contribution in [0.15, 0.2) is 53.5 Å². The standard InChI is InChI=1S/C18H21N5O.HI/c1-13-21-14-7-3-5-9-16(14)23(13)12-11-20-18(19)22-15-8-4-6-10-17(15)24-2;/h3-10H,11-12H2,1-2H3,(H3,19,20,22);1H. The van der Waals surface area contributed by atoms with E-state index in [1.165, 1.54) is 0 Å². The Hall–Kier alpha value is -2.29. The van der Waals surface area contributed by atoms with Gasteiger partial charge in [-0.25, -0.2) is 4.98 Å². The van der Waals surface area contributed by atoms with Gasteiger partial charge in [-0.15, -0.1) is 24.0 Å². The molecule has 0 aliphatic heterocycles. The summed E-state index contributed by atoms with van der Waals surface area (Å²) in [6.07, 6.45) is 0. The Kier molecular flexibility index (Phi) is 6.63. The van der Waals surface area contributed by atoms with Crippen LogP contribution in [0.25, 0.3) is 11.0 Å². The number of aryl methyl sites for hydroxylation is 1. The van der Waals surface area contributed by atoms with E-state index >= 15 is 0 Å². The van der Waals surface area contributed by atoms with E-state index in [4.69, 9.17) is 10.5 Å². The second kappa shape index (κ2) is 8.70. The fourth-order valence-corrected chi connectivity index (χ4v) is 2.67. The van der Waals surface area contributed by atoms with Gasteiger partial charge in [0, 0.05) is 6.54 Å². The average Bonchev–Trinajstić information content (AvgIpc) is 2.91. The number of rotatable bonds is 5. The summed E-state index contributed by atoms with van der Waals surface area (Å²) >= 11 is 0. The number of methoxy groups -OCH3 is 1. The number of anilines is 1. The minimum absolute atomic E-state index is 0. The van der Waals surface area contributed by atoms with Gasteiger partial charge in [0.15, 0.2) is 5.96 Å². The lowest BCUT2D eigenvalue weighted by Gasteiger charge is -2.10. The molecule has 0 atom stereocenters. The number of guanidine groups is 1. The fourth-order valence-electron chi connectivity index (χ4n) is 2.67. The van der Waals surface area contributed by atoms with E-state index in [-0.39, 0.29) is 24.0 Å². The molecule has 2 aromatic carbocycles. The van der Waals surface area contributed by atoms with Crippen molar-refractivity contribution in [2.24, 2.45) is 10.7 Å². The maximum absolute atomic E-state index is 5.98. The lowest BCUT2D eigenvalue weighted by molar-refractivity contribution is 0.417. The number of hydrogen-bond donors (Lipinski definition) is 2. The van der Waals surface area contributed by atoms with Crippen molar-refractivity contribution in [3.05, 3.63) is 54.4 Å². The van der Waals surface area contributed by atoms with Crippen LogP contribution in [0.2, 0.25) is 0 Å². The molecule has 3 rings (SSSR count). The molecular formula is C18H22IN5O. The van der Waals surface area contributed by atoms with Crippen molar-refractivity contribution in [1.29, 1.82) is 0 Å². The monoisotopic (exact) mass is 451 g/mol. The molecule has 6 nitrogen and oxygen atoms in total. The van der Waals surface area contributed by atoms with Gasteiger partial charge in [-0.2, -0.15) is 0 Å². The summed E-state index contributed by atoms with van der Waals surface area (Å²) in [5, 5.41) is 3.07. The molecule has 25 heavy (non-hydrogen) atoms. The van der Waals surface area contributed by atoms with Gasteiger partial charge in [-0.05, 0) is 31.2 Å². The summed E-state index contributed by atoms with van der Waals surface area (Å²) in [4.78, 5) is 8.95. The quantitative estimate of drug-likeness (QED) is 0.354. The summed E-state index contributed by atoms with van der Waals surface area (Å²) in [5.74, 6) is 2.07. The lowest BCUT2D eigenvalue weighted by atomic mass is 10.3. The molecule has 0 radical (unpaired) electrons. The van der Waals surface area contributed by atoms with Crippen LogP contribution < -0.4 is 15.8 Å². The molecule has 3 N–H and O–H groups in total. The van der Waals surface area contributed by atoms with Crippen molar-refractivity contribution >= 4 is 46.7 Å². The predicted octanol–water partition coefficient (Wildman–Crippen LogP) is 3.40. The number of fused-ring (bicyclic) bond motifs is 1. The summed E-state index contributed by atoms with van der Waals surface area (Å²) < 4.78 is 7.44. The predicted molar refractivity (Wildman–Crippen MR) is 113 cm³/mol. The number of nitrogens with zero attached hydrogens (tertiary/aromatic N) is 3. The van der Waals surface area contributed by atoms with E-state index in [1.807, 2.05) is 49.4 Å².